The number of benzene rings is 2. The lowest BCUT2D eigenvalue weighted by molar-refractivity contribution is -0.141. The van der Waals surface area contributed by atoms with Gasteiger partial charge in [-0.25, -0.2) is 4.79 Å². The minimum Gasteiger partial charge on any atom is -0.480 e. The van der Waals surface area contributed by atoms with Gasteiger partial charge in [0.15, 0.2) is 0 Å². The minimum atomic E-state index is -1.10. The van der Waals surface area contributed by atoms with Gasteiger partial charge in [-0.2, -0.15) is 0 Å². The third kappa shape index (κ3) is 3.99. The van der Waals surface area contributed by atoms with Crippen LogP contribution >= 0.6 is 27.5 Å². The molecule has 21 heavy (non-hydrogen) atoms. The summed E-state index contributed by atoms with van der Waals surface area (Å²) < 4.78 is 0.724. The molecular weight excluding hydrogens is 354 g/mol. The van der Waals surface area contributed by atoms with Gasteiger partial charge in [-0.15, -0.1) is 0 Å². The van der Waals surface area contributed by atoms with Gasteiger partial charge >= 0.3 is 5.97 Å². The molecule has 0 bridgehead atoms. The standard InChI is InChI=1S/C16H15BrClNO2/c1-16(15(20)21,10-11-5-3-2-4-6-11)19-12-7-8-14(18)13(17)9-12/h2-9,19H,10H2,1H3,(H,20,21). The van der Waals surface area contributed by atoms with Crippen molar-refractivity contribution in [2.24, 2.45) is 0 Å². The Morgan fingerprint density at radius 2 is 1.95 bits per heavy atom. The Hall–Kier alpha value is -1.52. The van der Waals surface area contributed by atoms with Crippen LogP contribution in [-0.4, -0.2) is 16.6 Å². The molecule has 2 aromatic rings. The molecule has 1 atom stereocenters. The fraction of sp³-hybridized carbons (Fsp3) is 0.188. The Kier molecular flexibility index (Phi) is 4.91. The van der Waals surface area contributed by atoms with Crippen molar-refractivity contribution in [1.29, 1.82) is 0 Å². The van der Waals surface area contributed by atoms with Crippen molar-refractivity contribution in [3.05, 3.63) is 63.6 Å². The van der Waals surface area contributed by atoms with E-state index in [1.807, 2.05) is 30.3 Å². The summed E-state index contributed by atoms with van der Waals surface area (Å²) in [4.78, 5) is 11.7. The van der Waals surface area contributed by atoms with E-state index >= 15 is 0 Å². The second-order valence-corrected chi connectivity index (χ2v) is 6.32. The second-order valence-electron chi connectivity index (χ2n) is 5.05. The third-order valence-corrected chi connectivity index (χ3v) is 4.43. The molecule has 0 heterocycles. The van der Waals surface area contributed by atoms with E-state index in [1.54, 1.807) is 25.1 Å². The van der Waals surface area contributed by atoms with Gasteiger partial charge in [0.25, 0.3) is 0 Å². The topological polar surface area (TPSA) is 49.3 Å². The molecule has 0 spiro atoms. The van der Waals surface area contributed by atoms with Gasteiger partial charge in [0.1, 0.15) is 5.54 Å². The maximum absolute atomic E-state index is 11.7. The van der Waals surface area contributed by atoms with Crippen molar-refractivity contribution in [3.8, 4) is 0 Å². The Morgan fingerprint density at radius 3 is 2.52 bits per heavy atom. The van der Waals surface area contributed by atoms with Crippen molar-refractivity contribution in [3.63, 3.8) is 0 Å². The van der Waals surface area contributed by atoms with Crippen molar-refractivity contribution in [2.75, 3.05) is 5.32 Å². The second kappa shape index (κ2) is 6.50. The molecule has 0 radical (unpaired) electrons. The molecule has 0 aromatic heterocycles. The molecular formula is C16H15BrClNO2. The van der Waals surface area contributed by atoms with Crippen LogP contribution in [0.3, 0.4) is 0 Å². The average molecular weight is 369 g/mol. The predicted octanol–water partition coefficient (Wildman–Crippen LogP) is 4.60. The van der Waals surface area contributed by atoms with Crippen LogP contribution in [0.1, 0.15) is 12.5 Å². The van der Waals surface area contributed by atoms with Crippen LogP contribution in [0, 0.1) is 0 Å². The smallest absolute Gasteiger partial charge is 0.329 e. The molecule has 0 aliphatic heterocycles. The zero-order valence-electron chi connectivity index (χ0n) is 11.4. The van der Waals surface area contributed by atoms with Crippen LogP contribution in [0.5, 0.6) is 0 Å². The summed E-state index contributed by atoms with van der Waals surface area (Å²) in [5, 5.41) is 13.2. The molecule has 0 aliphatic rings. The van der Waals surface area contributed by atoms with Gasteiger partial charge < -0.3 is 10.4 Å². The zero-order chi connectivity index (χ0) is 15.5. The number of carboxylic acids is 1. The average Bonchev–Trinajstić information content (AvgIpc) is 2.44. The number of carbonyl (C=O) groups is 1. The lowest BCUT2D eigenvalue weighted by atomic mass is 9.92. The monoisotopic (exact) mass is 367 g/mol. The summed E-state index contributed by atoms with van der Waals surface area (Å²) in [6.45, 7) is 1.67. The van der Waals surface area contributed by atoms with Gasteiger partial charge in [0.05, 0.1) is 5.02 Å². The van der Waals surface area contributed by atoms with Crippen molar-refractivity contribution in [2.45, 2.75) is 18.9 Å². The van der Waals surface area contributed by atoms with Crippen LogP contribution < -0.4 is 5.32 Å². The summed E-state index contributed by atoms with van der Waals surface area (Å²) >= 11 is 9.29. The van der Waals surface area contributed by atoms with E-state index in [4.69, 9.17) is 11.6 Å². The Balaban J connectivity index is 2.25. The van der Waals surface area contributed by atoms with Gasteiger partial charge in [-0.3, -0.25) is 0 Å². The molecule has 110 valence electrons. The van der Waals surface area contributed by atoms with Gasteiger partial charge in [-0.1, -0.05) is 41.9 Å². The third-order valence-electron chi connectivity index (χ3n) is 3.21. The first-order valence-corrected chi connectivity index (χ1v) is 7.58. The summed E-state index contributed by atoms with van der Waals surface area (Å²) in [5.41, 5.74) is 0.560. The summed E-state index contributed by atoms with van der Waals surface area (Å²) in [5.74, 6) is -0.905. The van der Waals surface area contributed by atoms with Crippen molar-refractivity contribution >= 4 is 39.2 Å². The van der Waals surface area contributed by atoms with Gasteiger partial charge in [0, 0.05) is 16.6 Å². The van der Waals surface area contributed by atoms with E-state index in [2.05, 4.69) is 21.2 Å². The molecule has 5 heteroatoms. The van der Waals surface area contributed by atoms with E-state index in [0.29, 0.717) is 17.1 Å². The van der Waals surface area contributed by atoms with Crippen molar-refractivity contribution < 1.29 is 9.90 Å². The number of halogens is 2. The number of nitrogens with one attached hydrogen (secondary N) is 1. The Labute approximate surface area is 137 Å². The highest BCUT2D eigenvalue weighted by Crippen LogP contribution is 2.28. The summed E-state index contributed by atoms with van der Waals surface area (Å²) in [6.07, 6.45) is 0.378. The quantitative estimate of drug-likeness (QED) is 0.811. The predicted molar refractivity (Wildman–Crippen MR) is 89.0 cm³/mol. The first-order valence-electron chi connectivity index (χ1n) is 6.41. The fourth-order valence-corrected chi connectivity index (χ4v) is 2.57. The Morgan fingerprint density at radius 1 is 1.29 bits per heavy atom. The molecule has 2 aromatic carbocycles. The molecule has 0 amide bonds. The lowest BCUT2D eigenvalue weighted by Gasteiger charge is -2.28. The number of rotatable bonds is 5. The Bertz CT molecular complexity index is 648. The molecule has 1 unspecified atom stereocenters. The maximum Gasteiger partial charge on any atom is 0.329 e. The number of aliphatic carboxylic acids is 1. The number of carboxylic acid groups (broad SMARTS) is 1. The normalized spacial score (nSPS) is 13.5. The maximum atomic E-state index is 11.7. The molecule has 0 fully saturated rings. The number of hydrogen-bond acceptors (Lipinski definition) is 2. The molecule has 0 saturated heterocycles. The van der Waals surface area contributed by atoms with Gasteiger partial charge in [-0.05, 0) is 46.6 Å². The van der Waals surface area contributed by atoms with Crippen LogP contribution in [0.4, 0.5) is 5.69 Å². The molecule has 2 rings (SSSR count). The summed E-state index contributed by atoms with van der Waals surface area (Å²) in [7, 11) is 0. The molecule has 3 nitrogen and oxygen atoms in total. The first kappa shape index (κ1) is 15.9. The lowest BCUT2D eigenvalue weighted by Crippen LogP contribution is -2.45. The SMILES string of the molecule is CC(Cc1ccccc1)(Nc1ccc(Cl)c(Br)c1)C(=O)O. The van der Waals surface area contributed by atoms with Crippen LogP contribution in [0.25, 0.3) is 0 Å². The van der Waals surface area contributed by atoms with Gasteiger partial charge in [0.2, 0.25) is 0 Å². The number of hydrogen-bond donors (Lipinski definition) is 2. The fourth-order valence-electron chi connectivity index (χ4n) is 2.07. The van der Waals surface area contributed by atoms with Crippen molar-refractivity contribution in [1.82, 2.24) is 0 Å². The highest BCUT2D eigenvalue weighted by molar-refractivity contribution is 9.10. The molecule has 0 saturated carbocycles. The van der Waals surface area contributed by atoms with E-state index < -0.39 is 11.5 Å². The van der Waals surface area contributed by atoms with E-state index in [-0.39, 0.29) is 0 Å². The number of anilines is 1. The first-order chi connectivity index (χ1) is 9.90. The van der Waals surface area contributed by atoms with Crippen LogP contribution in [0.15, 0.2) is 53.0 Å². The molecule has 0 aliphatic carbocycles. The van der Waals surface area contributed by atoms with E-state index in [0.717, 1.165) is 10.0 Å². The van der Waals surface area contributed by atoms with E-state index in [1.165, 1.54) is 0 Å². The largest absolute Gasteiger partial charge is 0.480 e. The molecule has 2 N–H and O–H groups in total. The van der Waals surface area contributed by atoms with Crippen LogP contribution in [0.2, 0.25) is 5.02 Å². The summed E-state index contributed by atoms with van der Waals surface area (Å²) in [6, 6.07) is 14.8. The van der Waals surface area contributed by atoms with E-state index in [9.17, 15) is 9.90 Å². The highest BCUT2D eigenvalue weighted by atomic mass is 79.9. The minimum absolute atomic E-state index is 0.378. The highest BCUT2D eigenvalue weighted by Gasteiger charge is 2.33. The van der Waals surface area contributed by atoms with Crippen LogP contribution in [-0.2, 0) is 11.2 Å². The zero-order valence-corrected chi connectivity index (χ0v) is 13.8.